The first-order valence-corrected chi connectivity index (χ1v) is 5.90. The Morgan fingerprint density at radius 3 is 2.89 bits per heavy atom. The van der Waals surface area contributed by atoms with E-state index < -0.39 is 6.10 Å². The molecular weight excluding hydrogens is 232 g/mol. The Balaban J connectivity index is 2.34. The van der Waals surface area contributed by atoms with Crippen molar-refractivity contribution in [3.63, 3.8) is 0 Å². The highest BCUT2D eigenvalue weighted by Gasteiger charge is 2.30. The highest BCUT2D eigenvalue weighted by atomic mass is 16.5. The minimum atomic E-state index is -0.510. The Morgan fingerprint density at radius 2 is 2.22 bits per heavy atom. The molecule has 0 aliphatic carbocycles. The smallest absolute Gasteiger partial charge is 0.256 e. The highest BCUT2D eigenvalue weighted by molar-refractivity contribution is 6.10. The van der Waals surface area contributed by atoms with Crippen LogP contribution >= 0.6 is 0 Å². The minimum Gasteiger partial charge on any atom is -0.372 e. The fourth-order valence-corrected chi connectivity index (χ4v) is 2.05. The van der Waals surface area contributed by atoms with Gasteiger partial charge in [-0.05, 0) is 18.6 Å². The van der Waals surface area contributed by atoms with E-state index in [1.165, 1.54) is 12.0 Å². The average molecular weight is 248 g/mol. The van der Waals surface area contributed by atoms with Crippen molar-refractivity contribution in [2.24, 2.45) is 0 Å². The van der Waals surface area contributed by atoms with Gasteiger partial charge in [0.25, 0.3) is 5.91 Å². The number of nitrogens with zero attached hydrogens (tertiary/aromatic N) is 1. The largest absolute Gasteiger partial charge is 0.372 e. The molecule has 1 heterocycles. The van der Waals surface area contributed by atoms with Crippen molar-refractivity contribution in [3.05, 3.63) is 24.3 Å². The van der Waals surface area contributed by atoms with E-state index in [0.29, 0.717) is 12.1 Å². The molecule has 1 atom stereocenters. The number of carbonyl (C=O) groups excluding carboxylic acids is 2. The molecule has 1 aliphatic rings. The Morgan fingerprint density at radius 1 is 1.50 bits per heavy atom. The number of methoxy groups -OCH3 is 1. The van der Waals surface area contributed by atoms with Gasteiger partial charge in [-0.3, -0.25) is 14.5 Å². The lowest BCUT2D eigenvalue weighted by molar-refractivity contribution is -0.129. The zero-order valence-corrected chi connectivity index (χ0v) is 10.5. The van der Waals surface area contributed by atoms with Crippen LogP contribution in [0.5, 0.6) is 0 Å². The van der Waals surface area contributed by atoms with Crippen LogP contribution in [0.2, 0.25) is 0 Å². The van der Waals surface area contributed by atoms with Crippen molar-refractivity contribution in [1.29, 1.82) is 0 Å². The number of anilines is 2. The van der Waals surface area contributed by atoms with Gasteiger partial charge in [0.05, 0.1) is 11.4 Å². The fraction of sp³-hybridized carbons (Fsp3) is 0.385. The third kappa shape index (κ3) is 2.22. The molecule has 2 rings (SSSR count). The molecule has 0 saturated carbocycles. The number of para-hydroxylation sites is 2. The van der Waals surface area contributed by atoms with Crippen LogP contribution in [0.25, 0.3) is 0 Å². The third-order valence-electron chi connectivity index (χ3n) is 2.97. The molecule has 0 spiro atoms. The van der Waals surface area contributed by atoms with Crippen LogP contribution < -0.4 is 10.2 Å². The first-order valence-electron chi connectivity index (χ1n) is 5.90. The van der Waals surface area contributed by atoms with E-state index in [1.54, 1.807) is 6.07 Å². The van der Waals surface area contributed by atoms with Gasteiger partial charge in [-0.25, -0.2) is 0 Å². The maximum absolute atomic E-state index is 12.3. The summed E-state index contributed by atoms with van der Waals surface area (Å²) in [6, 6.07) is 7.25. The molecule has 18 heavy (non-hydrogen) atoms. The fourth-order valence-electron chi connectivity index (χ4n) is 2.05. The zero-order valence-electron chi connectivity index (χ0n) is 10.5. The van der Waals surface area contributed by atoms with Crippen LogP contribution in [0.15, 0.2) is 24.3 Å². The van der Waals surface area contributed by atoms with Crippen molar-refractivity contribution in [3.8, 4) is 0 Å². The van der Waals surface area contributed by atoms with Gasteiger partial charge in [0.1, 0.15) is 12.6 Å². The highest BCUT2D eigenvalue weighted by Crippen LogP contribution is 2.29. The summed E-state index contributed by atoms with van der Waals surface area (Å²) >= 11 is 0. The number of ether oxygens (including phenoxy) is 1. The number of fused-ring (bicyclic) bond motifs is 1. The van der Waals surface area contributed by atoms with E-state index in [-0.39, 0.29) is 18.4 Å². The molecule has 1 aliphatic heterocycles. The van der Waals surface area contributed by atoms with Crippen LogP contribution in [0, 0.1) is 0 Å². The van der Waals surface area contributed by atoms with Gasteiger partial charge in [0, 0.05) is 7.11 Å². The number of nitrogens with one attached hydrogen (secondary N) is 1. The Kier molecular flexibility index (Phi) is 3.62. The van der Waals surface area contributed by atoms with E-state index in [1.807, 2.05) is 25.1 Å². The number of carbonyl (C=O) groups is 2. The number of benzene rings is 1. The van der Waals surface area contributed by atoms with Crippen molar-refractivity contribution < 1.29 is 14.3 Å². The summed E-state index contributed by atoms with van der Waals surface area (Å²) in [6.45, 7) is 1.91. The monoisotopic (exact) mass is 248 g/mol. The van der Waals surface area contributed by atoms with Crippen molar-refractivity contribution in [2.75, 3.05) is 23.9 Å². The van der Waals surface area contributed by atoms with E-state index in [9.17, 15) is 9.59 Å². The van der Waals surface area contributed by atoms with Crippen molar-refractivity contribution >= 4 is 23.2 Å². The van der Waals surface area contributed by atoms with Gasteiger partial charge in [0.15, 0.2) is 0 Å². The molecule has 1 unspecified atom stereocenters. The van der Waals surface area contributed by atoms with E-state index >= 15 is 0 Å². The topological polar surface area (TPSA) is 58.6 Å². The molecular formula is C13H16N2O3. The zero-order chi connectivity index (χ0) is 13.1. The molecule has 5 nitrogen and oxygen atoms in total. The van der Waals surface area contributed by atoms with Gasteiger partial charge in [-0.2, -0.15) is 0 Å². The van der Waals surface area contributed by atoms with E-state index in [2.05, 4.69) is 5.32 Å². The van der Waals surface area contributed by atoms with E-state index in [4.69, 9.17) is 4.74 Å². The quantitative estimate of drug-likeness (QED) is 0.879. The molecule has 0 saturated heterocycles. The SMILES string of the molecule is CCC(OC)C(=O)N1CC(=O)Nc2ccccc21. The number of hydrogen-bond donors (Lipinski definition) is 1. The summed E-state index contributed by atoms with van der Waals surface area (Å²) in [5.41, 5.74) is 1.38. The summed E-state index contributed by atoms with van der Waals surface area (Å²) in [5, 5.41) is 2.75. The summed E-state index contributed by atoms with van der Waals surface area (Å²) in [4.78, 5) is 25.4. The van der Waals surface area contributed by atoms with Gasteiger partial charge in [0.2, 0.25) is 5.91 Å². The van der Waals surface area contributed by atoms with Crippen molar-refractivity contribution in [1.82, 2.24) is 0 Å². The second-order valence-corrected chi connectivity index (χ2v) is 4.12. The lowest BCUT2D eigenvalue weighted by atomic mass is 10.1. The van der Waals surface area contributed by atoms with Crippen LogP contribution in [0.3, 0.4) is 0 Å². The number of rotatable bonds is 3. The lowest BCUT2D eigenvalue weighted by Gasteiger charge is -2.31. The van der Waals surface area contributed by atoms with Crippen molar-refractivity contribution in [2.45, 2.75) is 19.4 Å². The second kappa shape index (κ2) is 5.18. The van der Waals surface area contributed by atoms with Crippen LogP contribution in [-0.4, -0.2) is 31.6 Å². The van der Waals surface area contributed by atoms with Gasteiger partial charge in [-0.15, -0.1) is 0 Å². The molecule has 1 aromatic rings. The molecule has 5 heteroatoms. The Hall–Kier alpha value is -1.88. The predicted octanol–water partition coefficient (Wildman–Crippen LogP) is 1.40. The number of hydrogen-bond acceptors (Lipinski definition) is 3. The maximum atomic E-state index is 12.3. The predicted molar refractivity (Wildman–Crippen MR) is 68.5 cm³/mol. The first kappa shape index (κ1) is 12.6. The first-order chi connectivity index (χ1) is 8.67. The molecule has 1 aromatic carbocycles. The van der Waals surface area contributed by atoms with Crippen LogP contribution in [0.4, 0.5) is 11.4 Å². The molecule has 0 aromatic heterocycles. The molecule has 0 fully saturated rings. The second-order valence-electron chi connectivity index (χ2n) is 4.12. The van der Waals surface area contributed by atoms with Gasteiger partial charge >= 0.3 is 0 Å². The molecule has 2 amide bonds. The lowest BCUT2D eigenvalue weighted by Crippen LogP contribution is -2.47. The summed E-state index contributed by atoms with van der Waals surface area (Å²) in [6.07, 6.45) is 0.0688. The van der Waals surface area contributed by atoms with E-state index in [0.717, 1.165) is 5.69 Å². The molecule has 0 radical (unpaired) electrons. The standard InChI is InChI=1S/C13H16N2O3/c1-3-11(18-2)13(17)15-8-12(16)14-9-6-4-5-7-10(9)15/h4-7,11H,3,8H2,1-2H3,(H,14,16). The Bertz CT molecular complexity index is 469. The Labute approximate surface area is 106 Å². The molecule has 1 N–H and O–H groups in total. The summed E-state index contributed by atoms with van der Waals surface area (Å²) in [7, 11) is 1.50. The average Bonchev–Trinajstić information content (AvgIpc) is 2.39. The summed E-state index contributed by atoms with van der Waals surface area (Å²) < 4.78 is 5.14. The normalized spacial score (nSPS) is 15.9. The number of amides is 2. The van der Waals surface area contributed by atoms with Crippen LogP contribution in [-0.2, 0) is 14.3 Å². The van der Waals surface area contributed by atoms with Gasteiger partial charge in [-0.1, -0.05) is 19.1 Å². The summed E-state index contributed by atoms with van der Waals surface area (Å²) in [5.74, 6) is -0.365. The minimum absolute atomic E-state index is 0.0374. The molecule has 0 bridgehead atoms. The third-order valence-corrected chi connectivity index (χ3v) is 2.97. The maximum Gasteiger partial charge on any atom is 0.256 e. The van der Waals surface area contributed by atoms with Gasteiger partial charge < -0.3 is 10.1 Å². The van der Waals surface area contributed by atoms with Crippen LogP contribution in [0.1, 0.15) is 13.3 Å². The molecule has 96 valence electrons.